The van der Waals surface area contributed by atoms with Crippen LogP contribution in [0.5, 0.6) is 0 Å². The number of hydrogen-bond acceptors (Lipinski definition) is 12. The van der Waals surface area contributed by atoms with Gasteiger partial charge in [0.15, 0.2) is 18.3 Å². The normalized spacial score (nSPS) is 43.6. The van der Waals surface area contributed by atoms with Crippen molar-refractivity contribution in [1.82, 2.24) is 5.32 Å². The molecule has 0 aliphatic carbocycles. The Kier molecular flexibility index (Phi) is 9.54. The van der Waals surface area contributed by atoms with Crippen molar-refractivity contribution in [3.05, 3.63) is 0 Å². The van der Waals surface area contributed by atoms with Crippen LogP contribution in [0, 0.1) is 0 Å². The van der Waals surface area contributed by atoms with Gasteiger partial charge in [0.2, 0.25) is 5.91 Å². The number of carbonyl (C=O) groups is 1. The molecule has 0 aromatic rings. The average Bonchev–Trinajstić information content (AvgIpc) is 2.75. The van der Waals surface area contributed by atoms with Gasteiger partial charge in [0.05, 0.1) is 13.2 Å². The molecule has 13 heteroatoms. The molecule has 0 spiro atoms. The van der Waals surface area contributed by atoms with E-state index in [1.165, 1.54) is 0 Å². The van der Waals surface area contributed by atoms with Crippen molar-refractivity contribution in [2.24, 2.45) is 0 Å². The topological polar surface area (TPSA) is 219 Å². The number of aliphatic hydroxyl groups is 8. The number of ether oxygens (including phenoxy) is 3. The monoisotopic (exact) mass is 455 g/mol. The number of hydrogen-bond donors (Lipinski definition) is 9. The van der Waals surface area contributed by atoms with Gasteiger partial charge >= 0.3 is 0 Å². The molecule has 2 aliphatic heterocycles. The number of rotatable bonds is 9. The fraction of sp³-hybridized carbons (Fsp3) is 0.944. The first-order valence-corrected chi connectivity index (χ1v) is 10.2. The lowest BCUT2D eigenvalue weighted by molar-refractivity contribution is -0.378. The fourth-order valence-corrected chi connectivity index (χ4v) is 3.58. The molecule has 0 aromatic carbocycles. The van der Waals surface area contributed by atoms with Crippen LogP contribution in [0.1, 0.15) is 32.6 Å². The van der Waals surface area contributed by atoms with Crippen molar-refractivity contribution in [2.45, 2.75) is 93.6 Å². The van der Waals surface area contributed by atoms with Gasteiger partial charge in [0.25, 0.3) is 0 Å². The molecule has 182 valence electrons. The van der Waals surface area contributed by atoms with Crippen LogP contribution in [0.15, 0.2) is 0 Å². The second-order valence-corrected chi connectivity index (χ2v) is 7.79. The Balaban J connectivity index is 2.20. The van der Waals surface area contributed by atoms with Crippen molar-refractivity contribution < 1.29 is 59.9 Å². The molecule has 2 aliphatic rings. The molecule has 10 atom stereocenters. The van der Waals surface area contributed by atoms with Crippen LogP contribution in [-0.4, -0.2) is 121 Å². The van der Waals surface area contributed by atoms with Gasteiger partial charge in [0.1, 0.15) is 42.7 Å². The summed E-state index contributed by atoms with van der Waals surface area (Å²) in [6.45, 7) is 0.199. The van der Waals surface area contributed by atoms with Gasteiger partial charge in [-0.2, -0.15) is 0 Å². The summed E-state index contributed by atoms with van der Waals surface area (Å²) < 4.78 is 15.8. The van der Waals surface area contributed by atoms with Gasteiger partial charge in [-0.05, 0) is 6.42 Å². The standard InChI is InChI=1S/C18H33NO12/c1-2-3-4-5-9(22)19-18(7-21)15(27)11(24)13(26)17(31-18)30-14-8(6-20)29-16(28)12(25)10(14)23/h8,10-17,20-21,23-28H,2-7H2,1H3,(H,19,22)/t8-,10-,11-,12-,13-,14-,15-,16-,17+,18-/m1/s1. The largest absolute Gasteiger partial charge is 0.394 e. The highest BCUT2D eigenvalue weighted by Crippen LogP contribution is 2.32. The Morgan fingerprint density at radius 3 is 2.26 bits per heavy atom. The van der Waals surface area contributed by atoms with Crippen molar-refractivity contribution in [1.29, 1.82) is 0 Å². The molecule has 0 radical (unpaired) electrons. The van der Waals surface area contributed by atoms with Crippen LogP contribution in [0.4, 0.5) is 0 Å². The van der Waals surface area contributed by atoms with Gasteiger partial charge in [-0.15, -0.1) is 0 Å². The van der Waals surface area contributed by atoms with Crippen molar-refractivity contribution in [2.75, 3.05) is 13.2 Å². The SMILES string of the molecule is CCCCCC(=O)N[C@]1(CO)O[C@H](O[C@H]2[C@H](O)[C@@H](O)[C@H](O)O[C@@H]2CO)[C@H](O)[C@@H](O)[C@H]1O. The van der Waals surface area contributed by atoms with E-state index in [1.54, 1.807) is 0 Å². The predicted molar refractivity (Wildman–Crippen MR) is 99.8 cm³/mol. The zero-order valence-electron chi connectivity index (χ0n) is 17.1. The first-order valence-electron chi connectivity index (χ1n) is 10.2. The van der Waals surface area contributed by atoms with Crippen molar-refractivity contribution in [3.63, 3.8) is 0 Å². The Morgan fingerprint density at radius 1 is 1.00 bits per heavy atom. The van der Waals surface area contributed by atoms with Gasteiger partial charge in [-0.25, -0.2) is 0 Å². The van der Waals surface area contributed by atoms with Crippen LogP contribution in [0.25, 0.3) is 0 Å². The predicted octanol–water partition coefficient (Wildman–Crippen LogP) is -4.37. The summed E-state index contributed by atoms with van der Waals surface area (Å²) in [7, 11) is 0. The van der Waals surface area contributed by atoms with Crippen molar-refractivity contribution >= 4 is 5.91 Å². The van der Waals surface area contributed by atoms with E-state index in [0.29, 0.717) is 6.42 Å². The second kappa shape index (κ2) is 11.2. The molecule has 2 rings (SSSR count). The summed E-state index contributed by atoms with van der Waals surface area (Å²) in [5.74, 6) is -0.586. The van der Waals surface area contributed by atoms with E-state index in [-0.39, 0.29) is 6.42 Å². The lowest BCUT2D eigenvalue weighted by atomic mass is 9.93. The van der Waals surface area contributed by atoms with Gasteiger partial charge in [0, 0.05) is 6.42 Å². The molecule has 0 saturated carbocycles. The van der Waals surface area contributed by atoms with E-state index < -0.39 is 80.2 Å². The summed E-state index contributed by atoms with van der Waals surface area (Å²) >= 11 is 0. The van der Waals surface area contributed by atoms with E-state index in [0.717, 1.165) is 12.8 Å². The van der Waals surface area contributed by atoms with Crippen LogP contribution >= 0.6 is 0 Å². The minimum absolute atomic E-state index is 0.0572. The highest BCUT2D eigenvalue weighted by Gasteiger charge is 2.56. The molecular weight excluding hydrogens is 422 g/mol. The number of nitrogens with one attached hydrogen (secondary N) is 1. The molecular formula is C18H33NO12. The maximum atomic E-state index is 12.3. The fourth-order valence-electron chi connectivity index (χ4n) is 3.58. The molecule has 9 N–H and O–H groups in total. The highest BCUT2D eigenvalue weighted by molar-refractivity contribution is 5.76. The molecule has 13 nitrogen and oxygen atoms in total. The maximum absolute atomic E-state index is 12.3. The molecule has 2 fully saturated rings. The highest BCUT2D eigenvalue weighted by atomic mass is 16.7. The minimum Gasteiger partial charge on any atom is -0.394 e. The Morgan fingerprint density at radius 2 is 1.68 bits per heavy atom. The van der Waals surface area contributed by atoms with E-state index in [1.807, 2.05) is 6.92 Å². The summed E-state index contributed by atoms with van der Waals surface area (Å²) in [5.41, 5.74) is -2.24. The third kappa shape index (κ3) is 5.69. The molecule has 31 heavy (non-hydrogen) atoms. The third-order valence-electron chi connectivity index (χ3n) is 5.48. The Labute approximate surface area is 178 Å². The van der Waals surface area contributed by atoms with E-state index >= 15 is 0 Å². The lowest BCUT2D eigenvalue weighted by Gasteiger charge is -2.49. The Bertz CT molecular complexity index is 580. The summed E-state index contributed by atoms with van der Waals surface area (Å²) in [6.07, 6.45) is -13.7. The quantitative estimate of drug-likeness (QED) is 0.151. The number of amides is 1. The van der Waals surface area contributed by atoms with Crippen LogP contribution < -0.4 is 5.32 Å². The Hall–Kier alpha value is -0.970. The number of aliphatic hydroxyl groups excluding tert-OH is 8. The molecule has 2 heterocycles. The molecule has 2 saturated heterocycles. The minimum atomic E-state index is -2.24. The van der Waals surface area contributed by atoms with Gasteiger partial charge in [-0.3, -0.25) is 4.79 Å². The first kappa shape index (κ1) is 26.3. The third-order valence-corrected chi connectivity index (χ3v) is 5.48. The van der Waals surface area contributed by atoms with E-state index in [2.05, 4.69) is 5.32 Å². The summed E-state index contributed by atoms with van der Waals surface area (Å²) in [4.78, 5) is 12.3. The van der Waals surface area contributed by atoms with E-state index in [4.69, 9.17) is 14.2 Å². The van der Waals surface area contributed by atoms with Crippen LogP contribution in [0.3, 0.4) is 0 Å². The van der Waals surface area contributed by atoms with E-state index in [9.17, 15) is 45.6 Å². The van der Waals surface area contributed by atoms with Gasteiger partial charge < -0.3 is 60.4 Å². The van der Waals surface area contributed by atoms with Gasteiger partial charge in [-0.1, -0.05) is 19.8 Å². The molecule has 0 bridgehead atoms. The molecule has 0 unspecified atom stereocenters. The zero-order chi connectivity index (χ0) is 23.3. The van der Waals surface area contributed by atoms with Crippen molar-refractivity contribution in [3.8, 4) is 0 Å². The summed E-state index contributed by atoms with van der Waals surface area (Å²) in [5, 5.41) is 82.1. The lowest BCUT2D eigenvalue weighted by Crippen LogP contribution is -2.73. The maximum Gasteiger partial charge on any atom is 0.222 e. The first-order chi connectivity index (χ1) is 14.6. The second-order valence-electron chi connectivity index (χ2n) is 7.79. The van der Waals surface area contributed by atoms with Crippen LogP contribution in [-0.2, 0) is 19.0 Å². The smallest absolute Gasteiger partial charge is 0.222 e. The molecule has 0 aromatic heterocycles. The number of carbonyl (C=O) groups excluding carboxylic acids is 1. The van der Waals surface area contributed by atoms with Crippen LogP contribution in [0.2, 0.25) is 0 Å². The zero-order valence-corrected chi connectivity index (χ0v) is 17.1. The molecule has 1 amide bonds. The summed E-state index contributed by atoms with van der Waals surface area (Å²) in [6, 6.07) is 0. The number of unbranched alkanes of at least 4 members (excludes halogenated alkanes) is 2. The average molecular weight is 455 g/mol.